The maximum absolute atomic E-state index is 12.2. The second-order valence-corrected chi connectivity index (χ2v) is 4.77. The van der Waals surface area contributed by atoms with Crippen molar-refractivity contribution >= 4 is 17.8 Å². The van der Waals surface area contributed by atoms with Crippen molar-refractivity contribution in [3.05, 3.63) is 57.6 Å². The van der Waals surface area contributed by atoms with Gasteiger partial charge in [-0.15, -0.1) is 0 Å². The minimum absolute atomic E-state index is 0.0937. The van der Waals surface area contributed by atoms with E-state index in [9.17, 15) is 20.0 Å². The van der Waals surface area contributed by atoms with Crippen LogP contribution >= 0.6 is 0 Å². The van der Waals surface area contributed by atoms with Gasteiger partial charge >= 0.3 is 0 Å². The van der Waals surface area contributed by atoms with Crippen LogP contribution in [-0.4, -0.2) is 36.4 Å². The number of nitro groups is 1. The number of amides is 1. The highest BCUT2D eigenvalue weighted by atomic mass is 16.6. The van der Waals surface area contributed by atoms with Crippen molar-refractivity contribution in [1.29, 1.82) is 0 Å². The third-order valence-corrected chi connectivity index (χ3v) is 3.24. The topological polar surface area (TPSA) is 123 Å². The van der Waals surface area contributed by atoms with Gasteiger partial charge in [-0.1, -0.05) is 0 Å². The fraction of sp³-hybridized carbons (Fsp3) is 0.125. The van der Waals surface area contributed by atoms with E-state index in [1.807, 2.05) is 0 Å². The maximum Gasteiger partial charge on any atom is 0.275 e. The van der Waals surface area contributed by atoms with Crippen molar-refractivity contribution in [1.82, 2.24) is 5.43 Å². The lowest BCUT2D eigenvalue weighted by Crippen LogP contribution is -2.18. The van der Waals surface area contributed by atoms with Gasteiger partial charge in [0.15, 0.2) is 0 Å². The van der Waals surface area contributed by atoms with Gasteiger partial charge in [0.2, 0.25) is 0 Å². The van der Waals surface area contributed by atoms with E-state index in [1.54, 1.807) is 12.1 Å². The zero-order valence-electron chi connectivity index (χ0n) is 13.4. The number of phenols is 1. The highest BCUT2D eigenvalue weighted by molar-refractivity contribution is 5.97. The third kappa shape index (κ3) is 4.22. The lowest BCUT2D eigenvalue weighted by atomic mass is 10.2. The number of benzene rings is 2. The van der Waals surface area contributed by atoms with Crippen LogP contribution in [0.25, 0.3) is 0 Å². The van der Waals surface area contributed by atoms with Gasteiger partial charge in [0.1, 0.15) is 17.2 Å². The first kappa shape index (κ1) is 17.7. The molecule has 9 nitrogen and oxygen atoms in total. The molecule has 0 heterocycles. The van der Waals surface area contributed by atoms with Gasteiger partial charge in [-0.3, -0.25) is 14.9 Å². The predicted molar refractivity (Wildman–Crippen MR) is 89.4 cm³/mol. The molecule has 0 aliphatic carbocycles. The molecule has 130 valence electrons. The Morgan fingerprint density at radius 2 is 2.00 bits per heavy atom. The fourth-order valence-electron chi connectivity index (χ4n) is 1.97. The first-order valence-corrected chi connectivity index (χ1v) is 6.99. The van der Waals surface area contributed by atoms with E-state index in [-0.39, 0.29) is 22.6 Å². The number of hydrazone groups is 1. The number of hydrogen-bond donors (Lipinski definition) is 2. The van der Waals surface area contributed by atoms with Gasteiger partial charge in [0.05, 0.1) is 30.9 Å². The molecule has 0 fully saturated rings. The summed E-state index contributed by atoms with van der Waals surface area (Å²) in [6, 6.07) is 8.12. The largest absolute Gasteiger partial charge is 0.507 e. The Labute approximate surface area is 142 Å². The molecule has 2 aromatic carbocycles. The summed E-state index contributed by atoms with van der Waals surface area (Å²) < 4.78 is 10.2. The first-order chi connectivity index (χ1) is 12.0. The van der Waals surface area contributed by atoms with Crippen LogP contribution in [0.5, 0.6) is 17.2 Å². The van der Waals surface area contributed by atoms with Gasteiger partial charge < -0.3 is 14.6 Å². The van der Waals surface area contributed by atoms with Gasteiger partial charge in [0.25, 0.3) is 11.6 Å². The molecule has 0 unspecified atom stereocenters. The number of carbonyl (C=O) groups is 1. The summed E-state index contributed by atoms with van der Waals surface area (Å²) in [4.78, 5) is 22.3. The van der Waals surface area contributed by atoms with Crippen LogP contribution in [0.4, 0.5) is 5.69 Å². The van der Waals surface area contributed by atoms with Crippen LogP contribution in [0.3, 0.4) is 0 Å². The number of nitrogens with one attached hydrogen (secondary N) is 1. The minimum atomic E-state index is -0.600. The van der Waals surface area contributed by atoms with E-state index in [2.05, 4.69) is 10.5 Å². The number of aromatic hydroxyl groups is 1. The molecule has 0 aromatic heterocycles. The molecule has 2 rings (SSSR count). The quantitative estimate of drug-likeness (QED) is 0.469. The van der Waals surface area contributed by atoms with Gasteiger partial charge in [-0.25, -0.2) is 5.43 Å². The van der Waals surface area contributed by atoms with Crippen LogP contribution in [0, 0.1) is 10.1 Å². The second kappa shape index (κ2) is 7.77. The molecular formula is C16H15N3O6. The Bertz CT molecular complexity index is 835. The van der Waals surface area contributed by atoms with E-state index in [4.69, 9.17) is 9.47 Å². The highest BCUT2D eigenvalue weighted by Gasteiger charge is 2.13. The third-order valence-electron chi connectivity index (χ3n) is 3.24. The summed E-state index contributed by atoms with van der Waals surface area (Å²) in [5.74, 6) is 0.0648. The Hall–Kier alpha value is -3.62. The summed E-state index contributed by atoms with van der Waals surface area (Å²) in [6.07, 6.45) is 1.11. The summed E-state index contributed by atoms with van der Waals surface area (Å²) in [7, 11) is 2.90. The van der Waals surface area contributed by atoms with Crippen LogP contribution in [0.15, 0.2) is 41.5 Å². The van der Waals surface area contributed by atoms with Crippen LogP contribution in [0.2, 0.25) is 0 Å². The number of ether oxygens (including phenoxy) is 2. The molecule has 0 atom stereocenters. The molecule has 0 aliphatic rings. The second-order valence-electron chi connectivity index (χ2n) is 4.77. The van der Waals surface area contributed by atoms with Crippen LogP contribution in [0.1, 0.15) is 15.9 Å². The Balaban J connectivity index is 2.16. The molecule has 2 aromatic rings. The summed E-state index contributed by atoms with van der Waals surface area (Å²) >= 11 is 0. The van der Waals surface area contributed by atoms with Crippen LogP contribution < -0.4 is 14.9 Å². The van der Waals surface area contributed by atoms with Crippen molar-refractivity contribution in [3.8, 4) is 17.2 Å². The van der Waals surface area contributed by atoms with Gasteiger partial charge in [-0.2, -0.15) is 5.10 Å². The zero-order chi connectivity index (χ0) is 18.4. The molecule has 0 radical (unpaired) electrons. The van der Waals surface area contributed by atoms with Gasteiger partial charge in [0, 0.05) is 23.8 Å². The number of nitro benzene ring substituents is 1. The number of phenolic OH excluding ortho intramolecular Hbond substituents is 1. The summed E-state index contributed by atoms with van der Waals surface area (Å²) in [5, 5.41) is 24.1. The molecule has 1 amide bonds. The van der Waals surface area contributed by atoms with Crippen LogP contribution in [-0.2, 0) is 0 Å². The monoisotopic (exact) mass is 345 g/mol. The molecule has 25 heavy (non-hydrogen) atoms. The molecule has 2 N–H and O–H groups in total. The normalized spacial score (nSPS) is 10.5. The molecule has 0 aliphatic heterocycles. The number of nitrogens with zero attached hydrogens (tertiary/aromatic N) is 2. The predicted octanol–water partition coefficient (Wildman–Crippen LogP) is 2.08. The standard InChI is InChI=1S/C16H15N3O6/c1-24-12-4-5-13(15(8-12)25-2)16(21)18-17-9-10-7-11(19(22)23)3-6-14(10)20/h3-9,20H,1-2H3,(H,18,21)/b17-9-. The fourth-order valence-corrected chi connectivity index (χ4v) is 1.97. The van der Waals surface area contributed by atoms with E-state index < -0.39 is 10.8 Å². The number of rotatable bonds is 6. The Morgan fingerprint density at radius 1 is 1.24 bits per heavy atom. The Morgan fingerprint density at radius 3 is 2.64 bits per heavy atom. The lowest BCUT2D eigenvalue weighted by molar-refractivity contribution is -0.384. The summed E-state index contributed by atoms with van der Waals surface area (Å²) in [6.45, 7) is 0. The SMILES string of the molecule is COc1ccc(C(=O)N/N=C\c2cc([N+](=O)[O-])ccc2O)c(OC)c1. The molecular weight excluding hydrogens is 330 g/mol. The highest BCUT2D eigenvalue weighted by Crippen LogP contribution is 2.24. The first-order valence-electron chi connectivity index (χ1n) is 6.99. The van der Waals surface area contributed by atoms with Crippen molar-refractivity contribution in [2.45, 2.75) is 0 Å². The zero-order valence-corrected chi connectivity index (χ0v) is 13.4. The smallest absolute Gasteiger partial charge is 0.275 e. The average molecular weight is 345 g/mol. The van der Waals surface area contributed by atoms with Crippen molar-refractivity contribution in [3.63, 3.8) is 0 Å². The number of carbonyl (C=O) groups excluding carboxylic acids is 1. The molecule has 0 bridgehead atoms. The molecule has 0 saturated heterocycles. The maximum atomic E-state index is 12.2. The summed E-state index contributed by atoms with van der Waals surface area (Å²) in [5.41, 5.74) is 2.38. The Kier molecular flexibility index (Phi) is 5.51. The lowest BCUT2D eigenvalue weighted by Gasteiger charge is -2.08. The average Bonchev–Trinajstić information content (AvgIpc) is 2.62. The molecule has 0 saturated carbocycles. The van der Waals surface area contributed by atoms with E-state index >= 15 is 0 Å². The van der Waals surface area contributed by atoms with E-state index in [0.717, 1.165) is 18.3 Å². The van der Waals surface area contributed by atoms with E-state index in [1.165, 1.54) is 26.4 Å². The molecule has 0 spiro atoms. The molecule has 9 heteroatoms. The minimum Gasteiger partial charge on any atom is -0.507 e. The van der Waals surface area contributed by atoms with E-state index in [0.29, 0.717) is 11.5 Å². The van der Waals surface area contributed by atoms with Gasteiger partial charge in [-0.05, 0) is 18.2 Å². The number of methoxy groups -OCH3 is 2. The number of non-ortho nitro benzene ring substituents is 1. The number of hydrogen-bond acceptors (Lipinski definition) is 7. The van der Waals surface area contributed by atoms with Crippen molar-refractivity contribution < 1.29 is 24.3 Å². The van der Waals surface area contributed by atoms with Crippen molar-refractivity contribution in [2.75, 3.05) is 14.2 Å². The van der Waals surface area contributed by atoms with Crippen molar-refractivity contribution in [2.24, 2.45) is 5.10 Å².